The number of anilines is 1. The van der Waals surface area contributed by atoms with Gasteiger partial charge in [-0.3, -0.25) is 9.36 Å². The van der Waals surface area contributed by atoms with E-state index in [0.29, 0.717) is 5.69 Å². The number of carbonyl (C=O) groups excluding carboxylic acids is 2. The highest BCUT2D eigenvalue weighted by Gasteiger charge is 2.51. The predicted octanol–water partition coefficient (Wildman–Crippen LogP) is 2.33. The predicted molar refractivity (Wildman–Crippen MR) is 77.1 cm³/mol. The van der Waals surface area contributed by atoms with Gasteiger partial charge in [-0.2, -0.15) is 0 Å². The van der Waals surface area contributed by atoms with Crippen molar-refractivity contribution in [2.45, 2.75) is 19.6 Å². The number of benzene rings is 1. The number of imide groups is 1. The quantitative estimate of drug-likeness (QED) is 0.643. The van der Waals surface area contributed by atoms with E-state index in [2.05, 4.69) is 5.32 Å². The summed E-state index contributed by atoms with van der Waals surface area (Å²) in [7, 11) is -3.74. The van der Waals surface area contributed by atoms with E-state index in [9.17, 15) is 14.2 Å². The largest absolute Gasteiger partial charge is 0.362 e. The first-order chi connectivity index (χ1) is 10.0. The van der Waals surface area contributed by atoms with Crippen LogP contribution < -0.4 is 10.2 Å². The Bertz CT molecular complexity index is 567. The lowest BCUT2D eigenvalue weighted by molar-refractivity contribution is -0.117. The van der Waals surface area contributed by atoms with Gasteiger partial charge < -0.3 is 14.4 Å². The van der Waals surface area contributed by atoms with Gasteiger partial charge in [0.05, 0.1) is 18.9 Å². The third-order valence-electron chi connectivity index (χ3n) is 2.87. The van der Waals surface area contributed by atoms with Gasteiger partial charge >= 0.3 is 13.6 Å². The zero-order valence-electron chi connectivity index (χ0n) is 11.8. The van der Waals surface area contributed by atoms with E-state index in [0.717, 1.165) is 4.90 Å². The number of nitrogens with one attached hydrogen (secondary N) is 1. The second kappa shape index (κ2) is 6.39. The van der Waals surface area contributed by atoms with Crippen LogP contribution in [0.1, 0.15) is 13.8 Å². The van der Waals surface area contributed by atoms with Crippen LogP contribution >= 0.6 is 7.60 Å². The van der Waals surface area contributed by atoms with Crippen LogP contribution in [-0.2, 0) is 18.4 Å². The zero-order valence-corrected chi connectivity index (χ0v) is 12.7. The van der Waals surface area contributed by atoms with Crippen LogP contribution in [0, 0.1) is 0 Å². The van der Waals surface area contributed by atoms with Crippen LogP contribution in [0.5, 0.6) is 0 Å². The molecule has 7 nitrogen and oxygen atoms in total. The van der Waals surface area contributed by atoms with Gasteiger partial charge in [-0.1, -0.05) is 18.2 Å². The summed E-state index contributed by atoms with van der Waals surface area (Å²) < 4.78 is 22.9. The standard InChI is InChI=1S/C13H17N2O5P/c1-3-19-21(18,20-4-2)11-12(16)15(13(17)14-11)10-8-6-5-7-9-10/h5-9,11H,3-4H2,1-2H3,(H,14,17)/t11-/m0/s1. The van der Waals surface area contributed by atoms with E-state index in [-0.39, 0.29) is 13.2 Å². The molecule has 0 spiro atoms. The van der Waals surface area contributed by atoms with Crippen molar-refractivity contribution in [3.63, 3.8) is 0 Å². The van der Waals surface area contributed by atoms with Gasteiger partial charge in [-0.25, -0.2) is 9.69 Å². The summed E-state index contributed by atoms with van der Waals surface area (Å²) in [6.07, 6.45) is 0. The van der Waals surface area contributed by atoms with Crippen molar-refractivity contribution in [1.82, 2.24) is 5.32 Å². The second-order valence-corrected chi connectivity index (χ2v) is 6.35. The molecule has 1 fully saturated rings. The summed E-state index contributed by atoms with van der Waals surface area (Å²) in [5, 5.41) is 2.39. The van der Waals surface area contributed by atoms with E-state index < -0.39 is 25.3 Å². The molecular weight excluding hydrogens is 295 g/mol. The molecule has 1 saturated heterocycles. The molecule has 114 valence electrons. The average molecular weight is 312 g/mol. The molecule has 1 aliphatic heterocycles. The minimum Gasteiger partial charge on any atom is -0.315 e. The molecule has 0 aliphatic carbocycles. The smallest absolute Gasteiger partial charge is 0.315 e. The molecule has 1 aliphatic rings. The molecule has 21 heavy (non-hydrogen) atoms. The Morgan fingerprint density at radius 2 is 1.71 bits per heavy atom. The number of hydrogen-bond acceptors (Lipinski definition) is 5. The Hall–Kier alpha value is -1.69. The Labute approximate surface area is 122 Å². The molecule has 1 heterocycles. The fourth-order valence-corrected chi connectivity index (χ4v) is 3.79. The van der Waals surface area contributed by atoms with Crippen LogP contribution in [0.4, 0.5) is 10.5 Å². The molecule has 1 N–H and O–H groups in total. The van der Waals surface area contributed by atoms with Crippen molar-refractivity contribution in [2.24, 2.45) is 0 Å². The fourth-order valence-electron chi connectivity index (χ4n) is 2.05. The van der Waals surface area contributed by atoms with Crippen LogP contribution in [0.25, 0.3) is 0 Å². The van der Waals surface area contributed by atoms with E-state index >= 15 is 0 Å². The monoisotopic (exact) mass is 312 g/mol. The first-order valence-corrected chi connectivity index (χ1v) is 8.23. The number of nitrogens with zero attached hydrogens (tertiary/aromatic N) is 1. The Morgan fingerprint density at radius 1 is 1.14 bits per heavy atom. The molecule has 1 aromatic carbocycles. The minimum atomic E-state index is -3.74. The molecule has 8 heteroatoms. The Kier molecular flexibility index (Phi) is 4.77. The number of hydrogen-bond donors (Lipinski definition) is 1. The third kappa shape index (κ3) is 3.00. The molecule has 2 rings (SSSR count). The Morgan fingerprint density at radius 3 is 2.24 bits per heavy atom. The summed E-state index contributed by atoms with van der Waals surface area (Å²) in [6, 6.07) is 7.76. The van der Waals surface area contributed by atoms with E-state index in [1.807, 2.05) is 0 Å². The van der Waals surface area contributed by atoms with Gasteiger partial charge in [0.25, 0.3) is 5.91 Å². The molecular formula is C13H17N2O5P. The van der Waals surface area contributed by atoms with Gasteiger partial charge in [0.1, 0.15) is 0 Å². The summed E-state index contributed by atoms with van der Waals surface area (Å²) in [5.74, 6) is -1.96. The van der Waals surface area contributed by atoms with E-state index in [1.165, 1.54) is 0 Å². The van der Waals surface area contributed by atoms with Crippen LogP contribution in [-0.4, -0.2) is 30.9 Å². The molecule has 0 radical (unpaired) electrons. The average Bonchev–Trinajstić information content (AvgIpc) is 2.76. The molecule has 0 aromatic heterocycles. The van der Waals surface area contributed by atoms with Gasteiger partial charge in [-0.15, -0.1) is 0 Å². The topological polar surface area (TPSA) is 84.9 Å². The summed E-state index contributed by atoms with van der Waals surface area (Å²) >= 11 is 0. The first kappa shape index (κ1) is 15.7. The maximum Gasteiger partial charge on any atom is 0.362 e. The highest BCUT2D eigenvalue weighted by Crippen LogP contribution is 2.53. The summed E-state index contributed by atoms with van der Waals surface area (Å²) in [5.41, 5.74) is 0.405. The van der Waals surface area contributed by atoms with Gasteiger partial charge in [0.2, 0.25) is 5.78 Å². The lowest BCUT2D eigenvalue weighted by Gasteiger charge is -2.21. The highest BCUT2D eigenvalue weighted by molar-refractivity contribution is 7.55. The molecule has 0 bridgehead atoms. The third-order valence-corrected chi connectivity index (χ3v) is 5.08. The number of carbonyl (C=O) groups is 2. The maximum atomic E-state index is 12.6. The van der Waals surface area contributed by atoms with Crippen molar-refractivity contribution < 1.29 is 23.2 Å². The summed E-state index contributed by atoms with van der Waals surface area (Å²) in [6.45, 7) is 3.51. The number of amides is 3. The van der Waals surface area contributed by atoms with Gasteiger partial charge in [0.15, 0.2) is 0 Å². The summed E-state index contributed by atoms with van der Waals surface area (Å²) in [4.78, 5) is 25.4. The molecule has 1 aromatic rings. The lowest BCUT2D eigenvalue weighted by atomic mass is 10.3. The minimum absolute atomic E-state index is 0.113. The van der Waals surface area contributed by atoms with Crippen LogP contribution in [0.2, 0.25) is 0 Å². The van der Waals surface area contributed by atoms with Crippen molar-refractivity contribution in [1.29, 1.82) is 0 Å². The van der Waals surface area contributed by atoms with Crippen molar-refractivity contribution in [3.05, 3.63) is 30.3 Å². The number of urea groups is 1. The lowest BCUT2D eigenvalue weighted by Crippen LogP contribution is -2.32. The van der Waals surface area contributed by atoms with E-state index in [4.69, 9.17) is 9.05 Å². The first-order valence-electron chi connectivity index (χ1n) is 6.61. The second-order valence-electron chi connectivity index (χ2n) is 4.24. The molecule has 0 saturated carbocycles. The van der Waals surface area contributed by atoms with Crippen LogP contribution in [0.3, 0.4) is 0 Å². The number of para-hydroxylation sites is 1. The van der Waals surface area contributed by atoms with Gasteiger partial charge in [0, 0.05) is 0 Å². The van der Waals surface area contributed by atoms with E-state index in [1.54, 1.807) is 44.2 Å². The molecule has 1 atom stereocenters. The molecule has 3 amide bonds. The van der Waals surface area contributed by atoms with Crippen molar-refractivity contribution in [3.8, 4) is 0 Å². The maximum absolute atomic E-state index is 12.6. The van der Waals surface area contributed by atoms with Crippen molar-refractivity contribution >= 4 is 25.2 Å². The number of rotatable bonds is 6. The SMILES string of the molecule is CCOP(=O)(OCC)[C@@H]1NC(=O)N(c2ccccc2)C1=O. The normalized spacial score (nSPS) is 19.0. The zero-order chi connectivity index (χ0) is 15.5. The highest BCUT2D eigenvalue weighted by atomic mass is 31.2. The fraction of sp³-hybridized carbons (Fsp3) is 0.385. The Balaban J connectivity index is 2.31. The van der Waals surface area contributed by atoms with Crippen molar-refractivity contribution in [2.75, 3.05) is 18.1 Å². The molecule has 0 unspecified atom stereocenters. The van der Waals surface area contributed by atoms with Gasteiger partial charge in [-0.05, 0) is 26.0 Å². The van der Waals surface area contributed by atoms with Crippen LogP contribution in [0.15, 0.2) is 30.3 Å².